The number of carbonyl (C=O) groups excluding carboxylic acids is 1. The van der Waals surface area contributed by atoms with Crippen LogP contribution in [0.15, 0.2) is 29.1 Å². The molecule has 2 aromatic rings. The molecular weight excluding hydrogens is 404 g/mol. The molecule has 8 nitrogen and oxygen atoms in total. The fraction of sp³-hybridized carbons (Fsp3) is 0.571. The van der Waals surface area contributed by atoms with E-state index in [1.807, 2.05) is 35.0 Å². The first-order chi connectivity index (χ1) is 14.3. The molecule has 160 valence electrons. The Bertz CT molecular complexity index is 1180. The van der Waals surface area contributed by atoms with Gasteiger partial charge in [0, 0.05) is 25.0 Å². The van der Waals surface area contributed by atoms with Crippen molar-refractivity contribution >= 4 is 26.6 Å². The van der Waals surface area contributed by atoms with Crippen molar-refractivity contribution in [3.05, 3.63) is 40.4 Å². The molecule has 0 unspecified atom stereocenters. The van der Waals surface area contributed by atoms with E-state index in [0.29, 0.717) is 30.3 Å². The molecule has 4 heterocycles. The molecule has 1 amide bonds. The Morgan fingerprint density at radius 1 is 1.20 bits per heavy atom. The number of amides is 1. The monoisotopic (exact) mass is 430 g/mol. The van der Waals surface area contributed by atoms with Gasteiger partial charge in [-0.25, -0.2) is 13.4 Å². The highest BCUT2D eigenvalue weighted by atomic mass is 32.2. The minimum Gasteiger partial charge on any atom is -0.333 e. The molecule has 2 fully saturated rings. The molecule has 2 bridgehead atoms. The minimum atomic E-state index is -2.99. The Balaban J connectivity index is 1.39. The average Bonchev–Trinajstić information content (AvgIpc) is 3.21. The highest BCUT2D eigenvalue weighted by Gasteiger charge is 2.41. The van der Waals surface area contributed by atoms with Crippen LogP contribution in [0.25, 0.3) is 10.9 Å². The summed E-state index contributed by atoms with van der Waals surface area (Å²) >= 11 is 0. The van der Waals surface area contributed by atoms with E-state index in [9.17, 15) is 18.0 Å². The third-order valence-corrected chi connectivity index (χ3v) is 8.63. The molecule has 0 N–H and O–H groups in total. The van der Waals surface area contributed by atoms with Crippen LogP contribution in [0.2, 0.25) is 0 Å². The standard InChI is InChI=1S/C21H26N4O4S/c1-23(16-8-9-30(28,29)13-16)12-20(26)25-14-6-7-15(25)11-24-19(10-14)22-18-5-3-2-4-17(18)21(24)27/h2-5,14-16H,6-13H2,1H3/t14-,15-,16+/m0/s1. The zero-order valence-electron chi connectivity index (χ0n) is 17.0. The molecule has 3 atom stereocenters. The van der Waals surface area contributed by atoms with Crippen LogP contribution in [-0.2, 0) is 27.6 Å². The minimum absolute atomic E-state index is 0.0136. The fourth-order valence-corrected chi connectivity index (χ4v) is 7.08. The van der Waals surface area contributed by atoms with Crippen LogP contribution >= 0.6 is 0 Å². The number of fused-ring (bicyclic) bond motifs is 4. The van der Waals surface area contributed by atoms with Gasteiger partial charge in [0.1, 0.15) is 5.82 Å². The fourth-order valence-electron chi connectivity index (χ4n) is 5.27. The lowest BCUT2D eigenvalue weighted by atomic mass is 10.1. The number of aromatic nitrogens is 2. The summed E-state index contributed by atoms with van der Waals surface area (Å²) in [6.07, 6.45) is 2.93. The number of hydrogen-bond acceptors (Lipinski definition) is 6. The molecule has 0 aliphatic carbocycles. The molecule has 0 spiro atoms. The predicted molar refractivity (Wildman–Crippen MR) is 113 cm³/mol. The second-order valence-electron chi connectivity index (χ2n) is 8.82. The SMILES string of the molecule is CN(CC(=O)N1[C@H]2CC[C@H]1Cn1c(nc3ccccc3c1=O)C2)[C@@H]1CCS(=O)(=O)C1. The van der Waals surface area contributed by atoms with Crippen molar-refractivity contribution in [2.75, 3.05) is 25.1 Å². The smallest absolute Gasteiger partial charge is 0.261 e. The van der Waals surface area contributed by atoms with E-state index >= 15 is 0 Å². The second-order valence-corrected chi connectivity index (χ2v) is 11.1. The van der Waals surface area contributed by atoms with Crippen LogP contribution in [0.4, 0.5) is 0 Å². The van der Waals surface area contributed by atoms with E-state index in [1.54, 1.807) is 10.6 Å². The third-order valence-electron chi connectivity index (χ3n) is 6.88. The summed E-state index contributed by atoms with van der Waals surface area (Å²) in [5, 5.41) is 0.610. The van der Waals surface area contributed by atoms with Gasteiger partial charge >= 0.3 is 0 Å². The summed E-state index contributed by atoms with van der Waals surface area (Å²) < 4.78 is 25.3. The first-order valence-electron chi connectivity index (χ1n) is 10.5. The maximum Gasteiger partial charge on any atom is 0.261 e. The Labute approximate surface area is 175 Å². The highest BCUT2D eigenvalue weighted by Crippen LogP contribution is 2.31. The predicted octanol–water partition coefficient (Wildman–Crippen LogP) is 0.431. The zero-order chi connectivity index (χ0) is 21.0. The Morgan fingerprint density at radius 3 is 2.73 bits per heavy atom. The molecule has 3 aliphatic heterocycles. The molecule has 3 aliphatic rings. The summed E-state index contributed by atoms with van der Waals surface area (Å²) in [5.41, 5.74) is 0.662. The summed E-state index contributed by atoms with van der Waals surface area (Å²) in [4.78, 5) is 34.8. The molecule has 30 heavy (non-hydrogen) atoms. The van der Waals surface area contributed by atoms with E-state index in [4.69, 9.17) is 4.98 Å². The van der Waals surface area contributed by atoms with Crippen molar-refractivity contribution < 1.29 is 13.2 Å². The van der Waals surface area contributed by atoms with Crippen LogP contribution in [0, 0.1) is 0 Å². The first-order valence-corrected chi connectivity index (χ1v) is 12.3. The molecule has 1 aromatic heterocycles. The Hall–Kier alpha value is -2.26. The molecule has 1 aromatic carbocycles. The summed E-state index contributed by atoms with van der Waals surface area (Å²) in [5.74, 6) is 1.09. The lowest BCUT2D eigenvalue weighted by Crippen LogP contribution is -2.48. The van der Waals surface area contributed by atoms with E-state index in [1.165, 1.54) is 0 Å². The number of nitrogens with zero attached hydrogens (tertiary/aromatic N) is 4. The van der Waals surface area contributed by atoms with Gasteiger partial charge in [-0.2, -0.15) is 0 Å². The van der Waals surface area contributed by atoms with Gasteiger partial charge in [-0.05, 0) is 38.4 Å². The molecule has 0 radical (unpaired) electrons. The van der Waals surface area contributed by atoms with Gasteiger partial charge in [-0.15, -0.1) is 0 Å². The third kappa shape index (κ3) is 3.33. The van der Waals surface area contributed by atoms with Gasteiger partial charge in [0.05, 0.1) is 35.0 Å². The van der Waals surface area contributed by atoms with Gasteiger partial charge in [0.15, 0.2) is 9.84 Å². The largest absolute Gasteiger partial charge is 0.333 e. The van der Waals surface area contributed by atoms with Crippen molar-refractivity contribution in [3.8, 4) is 0 Å². The number of benzene rings is 1. The van der Waals surface area contributed by atoms with Crippen LogP contribution in [0.5, 0.6) is 0 Å². The van der Waals surface area contributed by atoms with E-state index in [2.05, 4.69) is 0 Å². The zero-order valence-corrected chi connectivity index (χ0v) is 17.8. The van der Waals surface area contributed by atoms with Crippen molar-refractivity contribution in [1.82, 2.24) is 19.4 Å². The van der Waals surface area contributed by atoms with Crippen LogP contribution < -0.4 is 5.56 Å². The number of rotatable bonds is 3. The number of sulfone groups is 1. The van der Waals surface area contributed by atoms with Crippen molar-refractivity contribution in [3.63, 3.8) is 0 Å². The number of para-hydroxylation sites is 1. The number of carbonyl (C=O) groups is 1. The molecule has 2 saturated heterocycles. The average molecular weight is 431 g/mol. The molecule has 5 rings (SSSR count). The number of hydrogen-bond donors (Lipinski definition) is 0. The quantitative estimate of drug-likeness (QED) is 0.701. The van der Waals surface area contributed by atoms with Crippen molar-refractivity contribution in [2.24, 2.45) is 0 Å². The molecular formula is C21H26N4O4S. The summed E-state index contributed by atoms with van der Waals surface area (Å²) in [7, 11) is -1.16. The first kappa shape index (κ1) is 19.7. The van der Waals surface area contributed by atoms with Crippen molar-refractivity contribution in [1.29, 1.82) is 0 Å². The van der Waals surface area contributed by atoms with Gasteiger partial charge in [0.2, 0.25) is 5.91 Å². The summed E-state index contributed by atoms with van der Waals surface area (Å²) in [6.45, 7) is 0.670. The van der Waals surface area contributed by atoms with E-state index < -0.39 is 9.84 Å². The van der Waals surface area contributed by atoms with Gasteiger partial charge < -0.3 is 4.90 Å². The maximum absolute atomic E-state index is 13.2. The Morgan fingerprint density at radius 2 is 1.97 bits per heavy atom. The second kappa shape index (κ2) is 7.16. The molecule has 9 heteroatoms. The topological polar surface area (TPSA) is 92.6 Å². The molecule has 0 saturated carbocycles. The van der Waals surface area contributed by atoms with E-state index in [-0.39, 0.29) is 47.6 Å². The lowest BCUT2D eigenvalue weighted by molar-refractivity contribution is -0.135. The van der Waals surface area contributed by atoms with Gasteiger partial charge in [-0.1, -0.05) is 12.1 Å². The van der Waals surface area contributed by atoms with Crippen LogP contribution in [-0.4, -0.2) is 76.9 Å². The van der Waals surface area contributed by atoms with Gasteiger partial charge in [0.25, 0.3) is 5.56 Å². The number of likely N-dealkylation sites (N-methyl/N-ethyl adjacent to an activating group) is 1. The van der Waals surface area contributed by atoms with Crippen LogP contribution in [0.1, 0.15) is 25.1 Å². The van der Waals surface area contributed by atoms with Gasteiger partial charge in [-0.3, -0.25) is 19.1 Å². The normalized spacial score (nSPS) is 27.4. The Kier molecular flexibility index (Phi) is 4.70. The maximum atomic E-state index is 13.2. The van der Waals surface area contributed by atoms with E-state index in [0.717, 1.165) is 18.7 Å². The van der Waals surface area contributed by atoms with Crippen molar-refractivity contribution in [2.45, 2.75) is 50.4 Å². The lowest BCUT2D eigenvalue weighted by Gasteiger charge is -2.31. The summed E-state index contributed by atoms with van der Waals surface area (Å²) in [6, 6.07) is 7.29. The highest BCUT2D eigenvalue weighted by molar-refractivity contribution is 7.91. The van der Waals surface area contributed by atoms with Crippen LogP contribution in [0.3, 0.4) is 0 Å².